The number of imidazole rings is 1. The number of Topliss-reactive ketones (excluding diaryl/α,β-unsaturated/α-hetero) is 1. The molecule has 6 rings (SSSR count). The quantitative estimate of drug-likeness (QED) is 0.143. The first-order valence-electron chi connectivity index (χ1n) is 16.5. The summed E-state index contributed by atoms with van der Waals surface area (Å²) in [4.78, 5) is 58.4. The van der Waals surface area contributed by atoms with E-state index in [1.807, 2.05) is 6.92 Å². The van der Waals surface area contributed by atoms with Crippen LogP contribution in [0.15, 0.2) is 24.0 Å². The Bertz CT molecular complexity index is 1510. The molecule has 46 heavy (non-hydrogen) atoms. The highest BCUT2D eigenvalue weighted by Crippen LogP contribution is 2.68. The van der Waals surface area contributed by atoms with Gasteiger partial charge in [0.05, 0.1) is 24.7 Å². The normalized spacial score (nSPS) is 36.5. The number of piperazine rings is 1. The Morgan fingerprint density at radius 2 is 2.00 bits per heavy atom. The van der Waals surface area contributed by atoms with Gasteiger partial charge in [0.25, 0.3) is 0 Å². The maximum Gasteiger partial charge on any atom is 0.316 e. The Morgan fingerprint density at radius 3 is 2.74 bits per heavy atom. The number of esters is 1. The number of hydrogen-bond acceptors (Lipinski definition) is 11. The Kier molecular flexibility index (Phi) is 9.07. The molecule has 0 aromatic carbocycles. The van der Waals surface area contributed by atoms with Gasteiger partial charge in [-0.3, -0.25) is 24.6 Å². The summed E-state index contributed by atoms with van der Waals surface area (Å²) >= 11 is 1.18. The van der Waals surface area contributed by atoms with Crippen molar-refractivity contribution >= 4 is 46.5 Å². The van der Waals surface area contributed by atoms with Gasteiger partial charge in [-0.15, -0.1) is 6.58 Å². The second-order valence-corrected chi connectivity index (χ2v) is 15.3. The van der Waals surface area contributed by atoms with Crippen LogP contribution in [0, 0.1) is 34.0 Å². The number of anilines is 1. The number of nitrogens with zero attached hydrogens (tertiary/aromatic N) is 4. The van der Waals surface area contributed by atoms with Crippen LogP contribution in [0.25, 0.3) is 11.2 Å². The van der Waals surface area contributed by atoms with Crippen LogP contribution in [0.2, 0.25) is 0 Å². The van der Waals surface area contributed by atoms with E-state index >= 15 is 0 Å². The van der Waals surface area contributed by atoms with Gasteiger partial charge >= 0.3 is 5.97 Å². The van der Waals surface area contributed by atoms with Crippen LogP contribution in [-0.2, 0) is 19.1 Å². The molecule has 1 saturated heterocycles. The molecule has 1 amide bonds. The number of carbonyl (C=O) groups excluding carboxylic acids is 3. The molecule has 3 heterocycles. The number of aliphatic hydroxyl groups excluding tert-OH is 1. The van der Waals surface area contributed by atoms with Crippen molar-refractivity contribution in [1.29, 1.82) is 0 Å². The molecule has 0 spiro atoms. The largest absolute Gasteiger partial charge is 0.461 e. The molecule has 13 heteroatoms. The predicted molar refractivity (Wildman–Crippen MR) is 175 cm³/mol. The average Bonchev–Trinajstić information content (AvgIpc) is 3.66. The summed E-state index contributed by atoms with van der Waals surface area (Å²) in [5.74, 6) is -0.582. The fourth-order valence-corrected chi connectivity index (χ4v) is 9.79. The van der Waals surface area contributed by atoms with E-state index in [1.54, 1.807) is 6.08 Å². The van der Waals surface area contributed by atoms with Gasteiger partial charge in [0.2, 0.25) is 11.9 Å². The number of hydrogen-bond donors (Lipinski definition) is 4. The fourth-order valence-electron chi connectivity index (χ4n) is 9.02. The summed E-state index contributed by atoms with van der Waals surface area (Å²) in [7, 11) is 0. The molecule has 1 aliphatic heterocycles. The highest BCUT2D eigenvalue weighted by Gasteiger charge is 2.68. The third-order valence-corrected chi connectivity index (χ3v) is 12.9. The van der Waals surface area contributed by atoms with Gasteiger partial charge in [0.15, 0.2) is 5.65 Å². The van der Waals surface area contributed by atoms with E-state index < -0.39 is 29.0 Å². The number of amides is 1. The van der Waals surface area contributed by atoms with E-state index in [4.69, 9.17) is 4.74 Å². The minimum Gasteiger partial charge on any atom is -0.461 e. The first-order chi connectivity index (χ1) is 21.9. The molecular formula is C33H47N7O5S. The number of carbonyl (C=O) groups is 3. The van der Waals surface area contributed by atoms with Crippen molar-refractivity contribution in [2.24, 2.45) is 34.0 Å². The van der Waals surface area contributed by atoms with Gasteiger partial charge in [-0.05, 0) is 42.9 Å². The van der Waals surface area contributed by atoms with E-state index in [2.05, 4.69) is 62.8 Å². The minimum atomic E-state index is -0.721. The van der Waals surface area contributed by atoms with Gasteiger partial charge in [0.1, 0.15) is 22.4 Å². The van der Waals surface area contributed by atoms with Gasteiger partial charge in [-0.1, -0.05) is 45.5 Å². The van der Waals surface area contributed by atoms with Crippen LogP contribution in [0.1, 0.15) is 59.8 Å². The number of ketones is 1. The minimum absolute atomic E-state index is 0.0478. The van der Waals surface area contributed by atoms with Crippen molar-refractivity contribution in [3.05, 3.63) is 19.0 Å². The summed E-state index contributed by atoms with van der Waals surface area (Å²) in [6.45, 7) is 16.0. The summed E-state index contributed by atoms with van der Waals surface area (Å²) in [6, 6.07) is 0. The Hall–Kier alpha value is -2.87. The van der Waals surface area contributed by atoms with Crippen LogP contribution in [0.3, 0.4) is 0 Å². The number of thioether (sulfide) groups is 1. The summed E-state index contributed by atoms with van der Waals surface area (Å²) in [5.41, 5.74) is -0.674. The zero-order chi connectivity index (χ0) is 32.9. The predicted octanol–water partition coefficient (Wildman–Crippen LogP) is 3.20. The van der Waals surface area contributed by atoms with Gasteiger partial charge < -0.3 is 20.1 Å². The molecule has 250 valence electrons. The lowest BCUT2D eigenvalue weighted by atomic mass is 9.44. The first kappa shape index (κ1) is 33.0. The smallest absolute Gasteiger partial charge is 0.316 e. The first-order valence-corrected chi connectivity index (χ1v) is 17.5. The number of ether oxygens (including phenoxy) is 1. The second kappa shape index (κ2) is 12.6. The molecule has 3 aliphatic carbocycles. The van der Waals surface area contributed by atoms with Crippen molar-refractivity contribution in [2.45, 2.75) is 77.0 Å². The summed E-state index contributed by atoms with van der Waals surface area (Å²) in [5, 5.41) is 18.3. The SMILES string of the molecule is C=C[C@]1(C)C[C@@H](OC(=O)CSc2nc(NC(=O)CN3CCNCC3)nc3nc[nH]c23)[C@@]2(C)C3C(=O)CC[C@@]3(CC[C@H]2C)[C@@H](C)[C@@H]1O. The Morgan fingerprint density at radius 1 is 1.24 bits per heavy atom. The number of fused-ring (bicyclic) bond motifs is 1. The zero-order valence-electron chi connectivity index (χ0n) is 27.3. The van der Waals surface area contributed by atoms with E-state index in [-0.39, 0.29) is 53.1 Å². The van der Waals surface area contributed by atoms with Crippen molar-refractivity contribution in [2.75, 3.05) is 43.8 Å². The average molecular weight is 654 g/mol. The van der Waals surface area contributed by atoms with E-state index in [0.717, 1.165) is 45.4 Å². The molecule has 2 bridgehead atoms. The monoisotopic (exact) mass is 653 g/mol. The maximum absolute atomic E-state index is 13.7. The number of aromatic nitrogens is 4. The lowest BCUT2D eigenvalue weighted by Crippen LogP contribution is -2.63. The van der Waals surface area contributed by atoms with Gasteiger partial charge in [-0.2, -0.15) is 4.98 Å². The lowest BCUT2D eigenvalue weighted by Gasteiger charge is -2.61. The molecule has 4 N–H and O–H groups in total. The lowest BCUT2D eigenvalue weighted by molar-refractivity contribution is -0.205. The molecule has 2 aromatic heterocycles. The van der Waals surface area contributed by atoms with Crippen molar-refractivity contribution in [1.82, 2.24) is 30.2 Å². The van der Waals surface area contributed by atoms with Crippen molar-refractivity contribution < 1.29 is 24.2 Å². The third-order valence-electron chi connectivity index (χ3n) is 12.0. The molecule has 1 unspecified atom stereocenters. The molecule has 4 fully saturated rings. The van der Waals surface area contributed by atoms with Crippen LogP contribution in [0.5, 0.6) is 0 Å². The number of nitrogens with one attached hydrogen (secondary N) is 3. The fraction of sp³-hybridized carbons (Fsp3) is 0.697. The van der Waals surface area contributed by atoms with Crippen LogP contribution >= 0.6 is 11.8 Å². The number of H-pyrrole nitrogens is 1. The highest BCUT2D eigenvalue weighted by molar-refractivity contribution is 8.00. The molecular weight excluding hydrogens is 606 g/mol. The molecule has 3 saturated carbocycles. The van der Waals surface area contributed by atoms with Crippen LogP contribution in [0.4, 0.5) is 5.95 Å². The Labute approximate surface area is 274 Å². The molecule has 8 atom stereocenters. The molecule has 4 aliphatic rings. The standard InChI is InChI=1S/C33H47N7O5S/c1-6-31(4)15-22(32(5)19(2)7-9-33(20(3)27(31)44)10-8-21(41)26(32)33)45-24(43)17-46-29-25-28(36-18-35-25)38-30(39-29)37-23(42)16-40-13-11-34-12-14-40/h6,18-20,22,26-27,34,44H,1,7-17H2,2-5H3,(H2,35,36,37,38,39,42)/t19-,20+,22-,26?,27+,31-,32+,33+/m1/s1. The highest BCUT2D eigenvalue weighted by atomic mass is 32.2. The number of aliphatic hydroxyl groups is 1. The summed E-state index contributed by atoms with van der Waals surface area (Å²) < 4.78 is 6.39. The molecule has 0 radical (unpaired) electrons. The van der Waals surface area contributed by atoms with E-state index in [9.17, 15) is 19.5 Å². The van der Waals surface area contributed by atoms with Crippen molar-refractivity contribution in [3.63, 3.8) is 0 Å². The Balaban J connectivity index is 1.22. The molecule has 12 nitrogen and oxygen atoms in total. The van der Waals surface area contributed by atoms with E-state index in [1.165, 1.54) is 18.1 Å². The van der Waals surface area contributed by atoms with Crippen molar-refractivity contribution in [3.8, 4) is 0 Å². The maximum atomic E-state index is 13.7. The third kappa shape index (κ3) is 5.67. The number of aromatic amines is 1. The van der Waals surface area contributed by atoms with Crippen LogP contribution in [-0.4, -0.2) is 98.3 Å². The topological polar surface area (TPSA) is 162 Å². The van der Waals surface area contributed by atoms with Gasteiger partial charge in [0, 0.05) is 49.3 Å². The van der Waals surface area contributed by atoms with E-state index in [0.29, 0.717) is 29.0 Å². The second-order valence-electron chi connectivity index (χ2n) is 14.4. The molecule has 2 aromatic rings. The zero-order valence-corrected chi connectivity index (χ0v) is 28.1. The van der Waals surface area contributed by atoms with Gasteiger partial charge in [-0.25, -0.2) is 9.97 Å². The van der Waals surface area contributed by atoms with Crippen LogP contribution < -0.4 is 10.6 Å². The summed E-state index contributed by atoms with van der Waals surface area (Å²) in [6.07, 6.45) is 5.40. The number of rotatable bonds is 8.